The van der Waals surface area contributed by atoms with E-state index in [0.717, 1.165) is 28.1 Å². The van der Waals surface area contributed by atoms with Crippen molar-refractivity contribution >= 4 is 29.3 Å². The lowest BCUT2D eigenvalue weighted by molar-refractivity contribution is 0.0949. The van der Waals surface area contributed by atoms with E-state index in [9.17, 15) is 4.79 Å². The number of ether oxygens (including phenoxy) is 1. The summed E-state index contributed by atoms with van der Waals surface area (Å²) in [6, 6.07) is 21.1. The first-order valence-electron chi connectivity index (χ1n) is 10.8. The third-order valence-electron chi connectivity index (χ3n) is 5.34. The van der Waals surface area contributed by atoms with Gasteiger partial charge in [0.25, 0.3) is 5.91 Å². The van der Waals surface area contributed by atoms with Crippen molar-refractivity contribution in [3.05, 3.63) is 99.8 Å². The molecular formula is C26H25ClN4O2S. The molecule has 0 aliphatic rings. The van der Waals surface area contributed by atoms with Gasteiger partial charge in [-0.05, 0) is 61.4 Å². The molecule has 1 heterocycles. The van der Waals surface area contributed by atoms with Gasteiger partial charge in [0.2, 0.25) is 0 Å². The summed E-state index contributed by atoms with van der Waals surface area (Å²) in [6.07, 6.45) is 0. The van der Waals surface area contributed by atoms with E-state index in [2.05, 4.69) is 15.5 Å². The first kappa shape index (κ1) is 23.9. The number of carbonyl (C=O) groups excluding carboxylic acids is 1. The lowest BCUT2D eigenvalue weighted by Gasteiger charge is -2.14. The van der Waals surface area contributed by atoms with Gasteiger partial charge in [-0.3, -0.25) is 9.36 Å². The minimum absolute atomic E-state index is 0.164. The maximum Gasteiger partial charge on any atom is 0.251 e. The molecule has 0 aliphatic carbocycles. The summed E-state index contributed by atoms with van der Waals surface area (Å²) in [5.41, 5.74) is 4.72. The van der Waals surface area contributed by atoms with E-state index >= 15 is 0 Å². The van der Waals surface area contributed by atoms with Crippen molar-refractivity contribution in [2.24, 2.45) is 0 Å². The average Bonchev–Trinajstić information content (AvgIpc) is 3.25. The molecule has 6 nitrogen and oxygen atoms in total. The molecular weight excluding hydrogens is 468 g/mol. The van der Waals surface area contributed by atoms with Crippen molar-refractivity contribution in [3.8, 4) is 11.4 Å². The lowest BCUT2D eigenvalue weighted by Crippen LogP contribution is -2.24. The molecule has 0 unspecified atom stereocenters. The largest absolute Gasteiger partial charge is 0.497 e. The zero-order valence-electron chi connectivity index (χ0n) is 19.2. The van der Waals surface area contributed by atoms with Crippen LogP contribution in [0.15, 0.2) is 71.9 Å². The van der Waals surface area contributed by atoms with Crippen LogP contribution in [0.3, 0.4) is 0 Å². The second kappa shape index (κ2) is 10.8. The number of rotatable bonds is 8. The first-order chi connectivity index (χ1) is 16.4. The maximum absolute atomic E-state index is 12.7. The quantitative estimate of drug-likeness (QED) is 0.316. The monoisotopic (exact) mass is 492 g/mol. The number of hydrogen-bond donors (Lipinski definition) is 1. The number of aryl methyl sites for hydroxylation is 2. The van der Waals surface area contributed by atoms with Crippen LogP contribution in [0.25, 0.3) is 5.69 Å². The highest BCUT2D eigenvalue weighted by molar-refractivity contribution is 7.98. The number of benzene rings is 3. The second-order valence-electron chi connectivity index (χ2n) is 7.85. The van der Waals surface area contributed by atoms with Crippen molar-refractivity contribution in [3.63, 3.8) is 0 Å². The van der Waals surface area contributed by atoms with Gasteiger partial charge in [-0.15, -0.1) is 10.2 Å². The van der Waals surface area contributed by atoms with Crippen molar-refractivity contribution in [2.75, 3.05) is 7.11 Å². The van der Waals surface area contributed by atoms with E-state index in [1.807, 2.05) is 85.1 Å². The van der Waals surface area contributed by atoms with E-state index in [1.54, 1.807) is 18.9 Å². The summed E-state index contributed by atoms with van der Waals surface area (Å²) in [6.45, 7) is 4.23. The van der Waals surface area contributed by atoms with Crippen molar-refractivity contribution in [1.29, 1.82) is 0 Å². The van der Waals surface area contributed by atoms with Gasteiger partial charge in [0.05, 0.1) is 19.3 Å². The fourth-order valence-corrected chi connectivity index (χ4v) is 4.52. The normalized spacial score (nSPS) is 10.8. The Hall–Kier alpha value is -3.29. The number of nitrogens with one attached hydrogen (secondary N) is 1. The van der Waals surface area contributed by atoms with Gasteiger partial charge in [-0.2, -0.15) is 0 Å². The Morgan fingerprint density at radius 2 is 1.85 bits per heavy atom. The third-order valence-corrected chi connectivity index (χ3v) is 6.57. The van der Waals surface area contributed by atoms with Gasteiger partial charge in [0.15, 0.2) is 11.0 Å². The smallest absolute Gasteiger partial charge is 0.251 e. The molecule has 0 atom stereocenters. The third kappa shape index (κ3) is 5.61. The standard InChI is InChI=1S/C26H25ClN4O2S/c1-17-7-10-20(11-8-17)25(32)28-15-24-29-30-26(31(24)23-14-21(27)12-9-18(23)2)34-16-19-5-4-6-22(13-19)33-3/h4-14H,15-16H2,1-3H3,(H,28,32). The van der Waals surface area contributed by atoms with Gasteiger partial charge in [0, 0.05) is 16.3 Å². The summed E-state index contributed by atoms with van der Waals surface area (Å²) in [7, 11) is 1.65. The Morgan fingerprint density at radius 1 is 1.06 bits per heavy atom. The van der Waals surface area contributed by atoms with Crippen LogP contribution in [0.1, 0.15) is 32.9 Å². The molecule has 0 saturated heterocycles. The van der Waals surface area contributed by atoms with E-state index in [-0.39, 0.29) is 12.5 Å². The van der Waals surface area contributed by atoms with Crippen LogP contribution < -0.4 is 10.1 Å². The first-order valence-corrected chi connectivity index (χ1v) is 12.1. The Balaban J connectivity index is 1.61. The van der Waals surface area contributed by atoms with E-state index in [0.29, 0.717) is 27.3 Å². The second-order valence-corrected chi connectivity index (χ2v) is 9.23. The summed E-state index contributed by atoms with van der Waals surface area (Å²) in [5, 5.41) is 13.1. The molecule has 1 N–H and O–H groups in total. The maximum atomic E-state index is 12.7. The molecule has 0 spiro atoms. The van der Waals surface area contributed by atoms with Crippen molar-refractivity contribution in [2.45, 2.75) is 31.3 Å². The topological polar surface area (TPSA) is 69.0 Å². The number of carbonyl (C=O) groups is 1. The molecule has 3 aromatic carbocycles. The van der Waals surface area contributed by atoms with Crippen LogP contribution in [-0.2, 0) is 12.3 Å². The van der Waals surface area contributed by atoms with Crippen LogP contribution in [0.5, 0.6) is 5.75 Å². The van der Waals surface area contributed by atoms with Gasteiger partial charge < -0.3 is 10.1 Å². The van der Waals surface area contributed by atoms with Crippen LogP contribution >= 0.6 is 23.4 Å². The SMILES string of the molecule is COc1cccc(CSc2nnc(CNC(=O)c3ccc(C)cc3)n2-c2cc(Cl)ccc2C)c1. The molecule has 174 valence electrons. The van der Waals surface area contributed by atoms with Crippen LogP contribution in [-0.4, -0.2) is 27.8 Å². The van der Waals surface area contributed by atoms with E-state index < -0.39 is 0 Å². The number of nitrogens with zero attached hydrogens (tertiary/aromatic N) is 3. The summed E-state index contributed by atoms with van der Waals surface area (Å²) < 4.78 is 7.29. The highest BCUT2D eigenvalue weighted by Crippen LogP contribution is 2.29. The number of hydrogen-bond acceptors (Lipinski definition) is 5. The highest BCUT2D eigenvalue weighted by atomic mass is 35.5. The molecule has 0 fully saturated rings. The molecule has 34 heavy (non-hydrogen) atoms. The number of methoxy groups -OCH3 is 1. The van der Waals surface area contributed by atoms with Gasteiger partial charge >= 0.3 is 0 Å². The van der Waals surface area contributed by atoms with E-state index in [4.69, 9.17) is 16.3 Å². The van der Waals surface area contributed by atoms with E-state index in [1.165, 1.54) is 0 Å². The number of halogens is 1. The van der Waals surface area contributed by atoms with Crippen LogP contribution in [0.2, 0.25) is 5.02 Å². The molecule has 4 aromatic rings. The number of aromatic nitrogens is 3. The number of thioether (sulfide) groups is 1. The Labute approximate surface area is 208 Å². The zero-order chi connectivity index (χ0) is 24.1. The fourth-order valence-electron chi connectivity index (χ4n) is 3.45. The summed E-state index contributed by atoms with van der Waals surface area (Å²) in [4.78, 5) is 12.7. The van der Waals surface area contributed by atoms with Crippen LogP contribution in [0.4, 0.5) is 0 Å². The van der Waals surface area contributed by atoms with Gasteiger partial charge in [-0.25, -0.2) is 0 Å². The van der Waals surface area contributed by atoms with Gasteiger partial charge in [-0.1, -0.05) is 59.3 Å². The summed E-state index contributed by atoms with van der Waals surface area (Å²) >= 11 is 7.88. The minimum atomic E-state index is -0.164. The average molecular weight is 493 g/mol. The highest BCUT2D eigenvalue weighted by Gasteiger charge is 2.18. The molecule has 1 aromatic heterocycles. The van der Waals surface area contributed by atoms with Crippen LogP contribution in [0, 0.1) is 13.8 Å². The Morgan fingerprint density at radius 3 is 2.62 bits per heavy atom. The number of amides is 1. The Kier molecular flexibility index (Phi) is 7.55. The zero-order valence-corrected chi connectivity index (χ0v) is 20.8. The molecule has 0 saturated carbocycles. The molecule has 1 amide bonds. The Bertz CT molecular complexity index is 1300. The molecule has 4 rings (SSSR count). The fraction of sp³-hybridized carbons (Fsp3) is 0.192. The van der Waals surface area contributed by atoms with Crippen molar-refractivity contribution < 1.29 is 9.53 Å². The predicted molar refractivity (Wildman–Crippen MR) is 136 cm³/mol. The predicted octanol–water partition coefficient (Wildman–Crippen LogP) is 5.77. The molecule has 0 aliphatic heterocycles. The minimum Gasteiger partial charge on any atom is -0.497 e. The van der Waals surface area contributed by atoms with Crippen molar-refractivity contribution in [1.82, 2.24) is 20.1 Å². The molecule has 8 heteroatoms. The lowest BCUT2D eigenvalue weighted by atomic mass is 10.1. The molecule has 0 bridgehead atoms. The molecule has 0 radical (unpaired) electrons. The van der Waals surface area contributed by atoms with Gasteiger partial charge in [0.1, 0.15) is 5.75 Å². The summed E-state index contributed by atoms with van der Waals surface area (Å²) in [5.74, 6) is 1.96.